The zero-order valence-corrected chi connectivity index (χ0v) is 7.80. The molecule has 2 heteroatoms. The Morgan fingerprint density at radius 3 is 2.50 bits per heavy atom. The van der Waals surface area contributed by atoms with Crippen LogP contribution in [0.15, 0.2) is 6.26 Å². The lowest BCUT2D eigenvalue weighted by Crippen LogP contribution is -2.31. The van der Waals surface area contributed by atoms with E-state index in [-0.39, 0.29) is 5.60 Å². The first-order valence-corrected chi connectivity index (χ1v) is 4.54. The van der Waals surface area contributed by atoms with Crippen LogP contribution in [0, 0.1) is 5.92 Å². The van der Waals surface area contributed by atoms with Crippen molar-refractivity contribution in [3.05, 3.63) is 6.26 Å². The molecule has 0 aliphatic heterocycles. The van der Waals surface area contributed by atoms with E-state index in [4.69, 9.17) is 4.74 Å². The third-order valence-electron chi connectivity index (χ3n) is 2.75. The minimum absolute atomic E-state index is 0.187. The number of carbonyl (C=O) groups excluding carboxylic acids is 1. The van der Waals surface area contributed by atoms with Gasteiger partial charge in [0.2, 0.25) is 0 Å². The van der Waals surface area contributed by atoms with Gasteiger partial charge < -0.3 is 4.74 Å². The van der Waals surface area contributed by atoms with Crippen molar-refractivity contribution in [2.45, 2.75) is 45.1 Å². The van der Waals surface area contributed by atoms with Crippen LogP contribution in [0.25, 0.3) is 0 Å². The fraction of sp³-hybridized carbons (Fsp3) is 0.800. The second-order valence-electron chi connectivity index (χ2n) is 3.94. The number of rotatable bonds is 3. The predicted molar refractivity (Wildman–Crippen MR) is 47.4 cm³/mol. The molecule has 1 aliphatic rings. The van der Waals surface area contributed by atoms with Crippen molar-refractivity contribution in [3.8, 4) is 0 Å². The van der Waals surface area contributed by atoms with Gasteiger partial charge in [0.1, 0.15) is 5.60 Å². The fourth-order valence-electron chi connectivity index (χ4n) is 1.89. The molecule has 68 valence electrons. The highest BCUT2D eigenvalue weighted by Gasteiger charge is 2.32. The molecule has 1 saturated carbocycles. The smallest absolute Gasteiger partial charge is 0.167 e. The van der Waals surface area contributed by atoms with Crippen LogP contribution >= 0.6 is 0 Å². The van der Waals surface area contributed by atoms with Crippen LogP contribution in [-0.2, 0) is 9.53 Å². The van der Waals surface area contributed by atoms with Crippen molar-refractivity contribution in [1.82, 2.24) is 0 Å². The molecule has 0 aromatic carbocycles. The van der Waals surface area contributed by atoms with E-state index < -0.39 is 0 Å². The van der Waals surface area contributed by atoms with Gasteiger partial charge in [0.25, 0.3) is 0 Å². The van der Waals surface area contributed by atoms with Gasteiger partial charge in [-0.3, -0.25) is 0 Å². The zero-order valence-electron chi connectivity index (χ0n) is 7.80. The zero-order chi connectivity index (χ0) is 9.03. The first kappa shape index (κ1) is 9.34. The van der Waals surface area contributed by atoms with E-state index in [2.05, 4.69) is 0 Å². The SMILES string of the molecule is CC(C)(OC=C=O)C1CCCC1. The molecular weight excluding hydrogens is 152 g/mol. The maximum Gasteiger partial charge on any atom is 0.167 e. The summed E-state index contributed by atoms with van der Waals surface area (Å²) < 4.78 is 5.31. The van der Waals surface area contributed by atoms with E-state index in [1.807, 2.05) is 13.8 Å². The minimum Gasteiger partial charge on any atom is -0.484 e. The standard InChI is InChI=1S/C10H16O2/c1-10(2,12-8-7-11)9-5-3-4-6-9/h8-9H,3-6H2,1-2H3. The third-order valence-corrected chi connectivity index (χ3v) is 2.75. The van der Waals surface area contributed by atoms with Gasteiger partial charge in [0, 0.05) is 0 Å². The minimum atomic E-state index is -0.187. The number of hydrogen-bond donors (Lipinski definition) is 0. The Balaban J connectivity index is 2.50. The fourth-order valence-corrected chi connectivity index (χ4v) is 1.89. The van der Waals surface area contributed by atoms with Crippen LogP contribution < -0.4 is 0 Å². The lowest BCUT2D eigenvalue weighted by Gasteiger charge is -2.30. The number of hydrogen-bond acceptors (Lipinski definition) is 2. The van der Waals surface area contributed by atoms with Crippen LogP contribution in [0.4, 0.5) is 0 Å². The summed E-state index contributed by atoms with van der Waals surface area (Å²) in [4.78, 5) is 9.96. The van der Waals surface area contributed by atoms with Crippen molar-refractivity contribution >= 4 is 5.94 Å². The highest BCUT2D eigenvalue weighted by Crippen LogP contribution is 2.35. The van der Waals surface area contributed by atoms with Crippen LogP contribution in [0.3, 0.4) is 0 Å². The van der Waals surface area contributed by atoms with Crippen molar-refractivity contribution in [2.75, 3.05) is 0 Å². The molecular formula is C10H16O2. The highest BCUT2D eigenvalue weighted by molar-refractivity contribution is 5.42. The molecule has 1 rings (SSSR count). The van der Waals surface area contributed by atoms with Crippen molar-refractivity contribution in [1.29, 1.82) is 0 Å². The van der Waals surface area contributed by atoms with E-state index in [0.717, 1.165) is 6.26 Å². The van der Waals surface area contributed by atoms with Crippen LogP contribution in [0.2, 0.25) is 0 Å². The van der Waals surface area contributed by atoms with Crippen LogP contribution in [0.5, 0.6) is 0 Å². The molecule has 0 saturated heterocycles. The highest BCUT2D eigenvalue weighted by atomic mass is 16.5. The Morgan fingerprint density at radius 2 is 2.00 bits per heavy atom. The summed E-state index contributed by atoms with van der Waals surface area (Å²) in [6.07, 6.45) is 6.17. The lowest BCUT2D eigenvalue weighted by molar-refractivity contribution is 0.00497. The van der Waals surface area contributed by atoms with Crippen LogP contribution in [0.1, 0.15) is 39.5 Å². The van der Waals surface area contributed by atoms with E-state index in [1.165, 1.54) is 25.7 Å². The lowest BCUT2D eigenvalue weighted by atomic mass is 9.89. The average Bonchev–Trinajstić information content (AvgIpc) is 2.53. The van der Waals surface area contributed by atoms with Crippen molar-refractivity contribution < 1.29 is 9.53 Å². The molecule has 0 aromatic heterocycles. The van der Waals surface area contributed by atoms with Gasteiger partial charge in [-0.15, -0.1) is 0 Å². The van der Waals surface area contributed by atoms with Gasteiger partial charge in [-0.05, 0) is 32.6 Å². The Bertz CT molecular complexity index is 184. The van der Waals surface area contributed by atoms with E-state index in [0.29, 0.717) is 5.92 Å². The normalized spacial score (nSPS) is 18.8. The Labute approximate surface area is 73.6 Å². The molecule has 1 aliphatic carbocycles. The van der Waals surface area contributed by atoms with Gasteiger partial charge in [-0.2, -0.15) is 0 Å². The molecule has 0 atom stereocenters. The summed E-state index contributed by atoms with van der Waals surface area (Å²) in [7, 11) is 0. The summed E-state index contributed by atoms with van der Waals surface area (Å²) in [5, 5.41) is 0. The molecule has 0 unspecified atom stereocenters. The molecule has 0 heterocycles. The van der Waals surface area contributed by atoms with E-state index in [1.54, 1.807) is 5.94 Å². The largest absolute Gasteiger partial charge is 0.484 e. The van der Waals surface area contributed by atoms with Gasteiger partial charge in [0.05, 0.1) is 0 Å². The Morgan fingerprint density at radius 1 is 1.42 bits per heavy atom. The second kappa shape index (κ2) is 3.77. The summed E-state index contributed by atoms with van der Waals surface area (Å²) in [5.74, 6) is 2.25. The Kier molecular flexibility index (Phi) is 2.93. The van der Waals surface area contributed by atoms with Crippen LogP contribution in [-0.4, -0.2) is 11.5 Å². The molecule has 0 amide bonds. The van der Waals surface area contributed by atoms with E-state index >= 15 is 0 Å². The third kappa shape index (κ3) is 2.12. The summed E-state index contributed by atoms with van der Waals surface area (Å²) in [6, 6.07) is 0. The molecule has 1 fully saturated rings. The van der Waals surface area contributed by atoms with Crippen molar-refractivity contribution in [3.63, 3.8) is 0 Å². The van der Waals surface area contributed by atoms with E-state index in [9.17, 15) is 4.79 Å². The second-order valence-corrected chi connectivity index (χ2v) is 3.94. The maximum atomic E-state index is 9.96. The Hall–Kier alpha value is -0.750. The van der Waals surface area contributed by atoms with Gasteiger partial charge in [-0.25, -0.2) is 4.79 Å². The monoisotopic (exact) mass is 168 g/mol. The molecule has 0 aromatic rings. The van der Waals surface area contributed by atoms with Gasteiger partial charge in [0.15, 0.2) is 12.2 Å². The summed E-state index contributed by atoms with van der Waals surface area (Å²) >= 11 is 0. The predicted octanol–water partition coefficient (Wildman–Crippen LogP) is 2.32. The topological polar surface area (TPSA) is 26.3 Å². The summed E-state index contributed by atoms with van der Waals surface area (Å²) in [5.41, 5.74) is -0.187. The van der Waals surface area contributed by atoms with Gasteiger partial charge in [-0.1, -0.05) is 12.8 Å². The molecule has 0 spiro atoms. The molecule has 0 radical (unpaired) electrons. The molecule has 0 bridgehead atoms. The van der Waals surface area contributed by atoms with Gasteiger partial charge >= 0.3 is 0 Å². The quantitative estimate of drug-likeness (QED) is 0.477. The van der Waals surface area contributed by atoms with Crippen molar-refractivity contribution in [2.24, 2.45) is 5.92 Å². The maximum absolute atomic E-state index is 9.96. The first-order valence-electron chi connectivity index (χ1n) is 4.54. The molecule has 12 heavy (non-hydrogen) atoms. The number of ether oxygens (including phenoxy) is 1. The summed E-state index contributed by atoms with van der Waals surface area (Å²) in [6.45, 7) is 4.08. The first-order chi connectivity index (χ1) is 5.67. The molecule has 2 nitrogen and oxygen atoms in total. The average molecular weight is 168 g/mol. The molecule has 0 N–H and O–H groups in total.